The van der Waals surface area contributed by atoms with Gasteiger partial charge in [-0.1, -0.05) is 6.42 Å². The highest BCUT2D eigenvalue weighted by atomic mass is 16.5. The minimum Gasteiger partial charge on any atom is -0.478 e. The topological polar surface area (TPSA) is 51.4 Å². The maximum absolute atomic E-state index is 5.69. The third-order valence-corrected chi connectivity index (χ3v) is 3.77. The van der Waals surface area contributed by atoms with Gasteiger partial charge in [0.05, 0.1) is 12.8 Å². The van der Waals surface area contributed by atoms with Gasteiger partial charge in [-0.05, 0) is 38.4 Å². The zero-order chi connectivity index (χ0) is 14.3. The van der Waals surface area contributed by atoms with Crippen LogP contribution in [0.15, 0.2) is 35.3 Å². The van der Waals surface area contributed by atoms with Gasteiger partial charge in [0.15, 0.2) is 12.2 Å². The Bertz CT molecular complexity index is 519. The van der Waals surface area contributed by atoms with Gasteiger partial charge in [0.25, 0.3) is 0 Å². The molecule has 1 aliphatic rings. The van der Waals surface area contributed by atoms with Gasteiger partial charge in [0.2, 0.25) is 5.88 Å². The molecule has 0 radical (unpaired) electrons. The number of pyridine rings is 1. The Labute approximate surface area is 125 Å². The van der Waals surface area contributed by atoms with E-state index in [1.165, 1.54) is 38.7 Å². The first-order chi connectivity index (χ1) is 10.4. The maximum Gasteiger partial charge on any atom is 0.213 e. The number of hydrogen-bond acceptors (Lipinski definition) is 5. The summed E-state index contributed by atoms with van der Waals surface area (Å²) in [7, 11) is 0. The molecule has 0 saturated carbocycles. The van der Waals surface area contributed by atoms with Crippen LogP contribution in [0.4, 0.5) is 0 Å². The lowest BCUT2D eigenvalue weighted by Crippen LogP contribution is -2.31. The van der Waals surface area contributed by atoms with Crippen molar-refractivity contribution in [3.05, 3.63) is 30.9 Å². The number of aromatic nitrogens is 2. The van der Waals surface area contributed by atoms with E-state index in [-0.39, 0.29) is 0 Å². The minimum absolute atomic E-state index is 0.664. The molecule has 21 heavy (non-hydrogen) atoms. The highest BCUT2D eigenvalue weighted by molar-refractivity contribution is 5.54. The van der Waals surface area contributed by atoms with Crippen LogP contribution in [0.1, 0.15) is 25.7 Å². The molecule has 3 rings (SSSR count). The molecule has 0 amide bonds. The van der Waals surface area contributed by atoms with Crippen LogP contribution in [0.5, 0.6) is 5.88 Å². The second kappa shape index (κ2) is 7.22. The molecule has 0 aromatic carbocycles. The van der Waals surface area contributed by atoms with Crippen molar-refractivity contribution in [3.63, 3.8) is 0 Å². The number of hydrogen-bond donors (Lipinski definition) is 0. The Hall–Kier alpha value is -1.88. The third-order valence-electron chi connectivity index (χ3n) is 3.77. The van der Waals surface area contributed by atoms with Crippen molar-refractivity contribution in [2.75, 3.05) is 26.2 Å². The van der Waals surface area contributed by atoms with Crippen molar-refractivity contribution in [2.45, 2.75) is 25.7 Å². The molecule has 1 saturated heterocycles. The average Bonchev–Trinajstić information content (AvgIpc) is 3.08. The fourth-order valence-corrected chi connectivity index (χ4v) is 2.62. The molecule has 5 heteroatoms. The highest BCUT2D eigenvalue weighted by Crippen LogP contribution is 2.19. The molecule has 1 fully saturated rings. The number of piperidine rings is 1. The molecular formula is C16H21N3O2. The predicted octanol–water partition coefficient (Wildman–Crippen LogP) is 2.99. The van der Waals surface area contributed by atoms with Crippen LogP contribution in [-0.2, 0) is 0 Å². The monoisotopic (exact) mass is 287 g/mol. The largest absolute Gasteiger partial charge is 0.478 e. The van der Waals surface area contributed by atoms with E-state index in [2.05, 4.69) is 14.9 Å². The van der Waals surface area contributed by atoms with Crippen LogP contribution in [0.2, 0.25) is 0 Å². The quantitative estimate of drug-likeness (QED) is 0.764. The van der Waals surface area contributed by atoms with Gasteiger partial charge in [0.1, 0.15) is 0 Å². The van der Waals surface area contributed by atoms with Crippen LogP contribution >= 0.6 is 0 Å². The highest BCUT2D eigenvalue weighted by Gasteiger charge is 2.09. The Balaban J connectivity index is 1.41. The van der Waals surface area contributed by atoms with Crippen molar-refractivity contribution in [1.29, 1.82) is 0 Å². The standard InChI is InChI=1S/C16H21N3O2/c1-2-7-19(8-3-1)9-4-10-20-16-6-5-14(11-18-16)15-12-17-13-21-15/h5-6,11-13H,1-4,7-10H2. The molecule has 112 valence electrons. The van der Waals surface area contributed by atoms with E-state index in [1.807, 2.05) is 12.1 Å². The van der Waals surface area contributed by atoms with Crippen molar-refractivity contribution in [2.24, 2.45) is 0 Å². The molecular weight excluding hydrogens is 266 g/mol. The van der Waals surface area contributed by atoms with Gasteiger partial charge in [-0.3, -0.25) is 0 Å². The van der Waals surface area contributed by atoms with Gasteiger partial charge < -0.3 is 14.1 Å². The lowest BCUT2D eigenvalue weighted by atomic mass is 10.1. The van der Waals surface area contributed by atoms with Crippen LogP contribution in [0.3, 0.4) is 0 Å². The summed E-state index contributed by atoms with van der Waals surface area (Å²) in [6.45, 7) is 4.32. The van der Waals surface area contributed by atoms with E-state index in [0.29, 0.717) is 12.5 Å². The number of nitrogens with zero attached hydrogens (tertiary/aromatic N) is 3. The molecule has 2 aromatic heterocycles. The molecule has 1 aliphatic heterocycles. The van der Waals surface area contributed by atoms with Crippen molar-refractivity contribution in [1.82, 2.24) is 14.9 Å². The van der Waals surface area contributed by atoms with E-state index in [1.54, 1.807) is 12.4 Å². The van der Waals surface area contributed by atoms with Gasteiger partial charge in [-0.25, -0.2) is 9.97 Å². The summed E-state index contributed by atoms with van der Waals surface area (Å²) >= 11 is 0. The predicted molar refractivity (Wildman–Crippen MR) is 80.1 cm³/mol. The zero-order valence-corrected chi connectivity index (χ0v) is 12.2. The molecule has 5 nitrogen and oxygen atoms in total. The summed E-state index contributed by atoms with van der Waals surface area (Å²) in [6.07, 6.45) is 9.95. The number of likely N-dealkylation sites (tertiary alicyclic amines) is 1. The first-order valence-corrected chi connectivity index (χ1v) is 7.62. The number of ether oxygens (including phenoxy) is 1. The van der Waals surface area contributed by atoms with Crippen molar-refractivity contribution in [3.8, 4) is 17.2 Å². The van der Waals surface area contributed by atoms with E-state index in [0.717, 1.165) is 24.3 Å². The Morgan fingerprint density at radius 2 is 2.05 bits per heavy atom. The SMILES string of the molecule is c1ncc(-c2ccc(OCCCN3CCCCC3)nc2)o1. The zero-order valence-electron chi connectivity index (χ0n) is 12.2. The summed E-state index contributed by atoms with van der Waals surface area (Å²) in [5.74, 6) is 1.39. The normalized spacial score (nSPS) is 16.0. The third kappa shape index (κ3) is 4.04. The van der Waals surface area contributed by atoms with Gasteiger partial charge in [-0.2, -0.15) is 0 Å². The molecule has 3 heterocycles. The van der Waals surface area contributed by atoms with E-state index in [4.69, 9.17) is 9.15 Å². The summed E-state index contributed by atoms with van der Waals surface area (Å²) in [4.78, 5) is 10.7. The number of rotatable bonds is 6. The van der Waals surface area contributed by atoms with Gasteiger partial charge >= 0.3 is 0 Å². The minimum atomic E-state index is 0.664. The van der Waals surface area contributed by atoms with Gasteiger partial charge in [-0.15, -0.1) is 0 Å². The summed E-state index contributed by atoms with van der Waals surface area (Å²) in [5, 5.41) is 0. The van der Waals surface area contributed by atoms with Crippen LogP contribution in [-0.4, -0.2) is 41.1 Å². The Morgan fingerprint density at radius 1 is 1.14 bits per heavy atom. The Morgan fingerprint density at radius 3 is 2.76 bits per heavy atom. The fraction of sp³-hybridized carbons (Fsp3) is 0.500. The van der Waals surface area contributed by atoms with E-state index >= 15 is 0 Å². The second-order valence-corrected chi connectivity index (χ2v) is 5.36. The molecule has 0 N–H and O–H groups in total. The average molecular weight is 287 g/mol. The first kappa shape index (κ1) is 14.1. The summed E-state index contributed by atoms with van der Waals surface area (Å²) < 4.78 is 10.9. The molecule has 0 atom stereocenters. The van der Waals surface area contributed by atoms with E-state index < -0.39 is 0 Å². The maximum atomic E-state index is 5.69. The van der Waals surface area contributed by atoms with E-state index in [9.17, 15) is 0 Å². The number of oxazole rings is 1. The smallest absolute Gasteiger partial charge is 0.213 e. The Kier molecular flexibility index (Phi) is 4.84. The summed E-state index contributed by atoms with van der Waals surface area (Å²) in [5.41, 5.74) is 0.910. The van der Waals surface area contributed by atoms with Crippen LogP contribution < -0.4 is 4.74 Å². The molecule has 0 aliphatic carbocycles. The second-order valence-electron chi connectivity index (χ2n) is 5.36. The molecule has 2 aromatic rings. The molecule has 0 unspecified atom stereocenters. The lowest BCUT2D eigenvalue weighted by molar-refractivity contribution is 0.203. The van der Waals surface area contributed by atoms with Crippen LogP contribution in [0, 0.1) is 0 Å². The molecule has 0 bridgehead atoms. The first-order valence-electron chi connectivity index (χ1n) is 7.62. The van der Waals surface area contributed by atoms with Crippen molar-refractivity contribution < 1.29 is 9.15 Å². The van der Waals surface area contributed by atoms with Crippen LogP contribution in [0.25, 0.3) is 11.3 Å². The fourth-order valence-electron chi connectivity index (χ4n) is 2.62. The summed E-state index contributed by atoms with van der Waals surface area (Å²) in [6, 6.07) is 3.81. The lowest BCUT2D eigenvalue weighted by Gasteiger charge is -2.26. The molecule has 0 spiro atoms. The van der Waals surface area contributed by atoms with Gasteiger partial charge in [0, 0.05) is 24.4 Å². The van der Waals surface area contributed by atoms with Crippen molar-refractivity contribution >= 4 is 0 Å².